The number of benzene rings is 7. The SMILES string of the molecule is c1ccc(-c2ccc(-c3cccc4c3oc3c(-c5cccc(-c6cccc(-c7ccc8oc9ccccc9c8c7)c6)c5)ncnc34)cc2)cc1. The highest BCUT2D eigenvalue weighted by molar-refractivity contribution is 6.10. The highest BCUT2D eigenvalue weighted by Crippen LogP contribution is 2.40. The Hall–Kier alpha value is -6.78. The van der Waals surface area contributed by atoms with Crippen molar-refractivity contribution in [1.29, 1.82) is 0 Å². The molecule has 50 heavy (non-hydrogen) atoms. The number of hydrogen-bond donors (Lipinski definition) is 0. The molecule has 0 amide bonds. The van der Waals surface area contributed by atoms with Crippen molar-refractivity contribution >= 4 is 44.0 Å². The quantitative estimate of drug-likeness (QED) is 0.188. The first kappa shape index (κ1) is 28.3. The summed E-state index contributed by atoms with van der Waals surface area (Å²) in [5.41, 5.74) is 14.8. The van der Waals surface area contributed by atoms with Crippen LogP contribution in [0.2, 0.25) is 0 Å². The Labute approximate surface area is 287 Å². The average Bonchev–Trinajstić information content (AvgIpc) is 3.77. The fourth-order valence-corrected chi connectivity index (χ4v) is 7.13. The first-order valence-electron chi connectivity index (χ1n) is 16.7. The lowest BCUT2D eigenvalue weighted by Crippen LogP contribution is -1.88. The lowest BCUT2D eigenvalue weighted by molar-refractivity contribution is 0.668. The summed E-state index contributed by atoms with van der Waals surface area (Å²) in [6.45, 7) is 0. The number of fused-ring (bicyclic) bond motifs is 6. The van der Waals surface area contributed by atoms with E-state index in [0.717, 1.165) is 83.1 Å². The zero-order chi connectivity index (χ0) is 33.0. The first-order chi connectivity index (χ1) is 24.8. The molecule has 0 fully saturated rings. The minimum atomic E-state index is 0.683. The van der Waals surface area contributed by atoms with Gasteiger partial charge in [-0.1, -0.05) is 127 Å². The smallest absolute Gasteiger partial charge is 0.180 e. The number of furan rings is 2. The molecule has 10 rings (SSSR count). The molecular formula is C46H28N2O2. The van der Waals surface area contributed by atoms with Crippen molar-refractivity contribution in [3.05, 3.63) is 170 Å². The molecule has 3 aromatic heterocycles. The van der Waals surface area contributed by atoms with Crippen molar-refractivity contribution in [2.24, 2.45) is 0 Å². The van der Waals surface area contributed by atoms with E-state index < -0.39 is 0 Å². The van der Waals surface area contributed by atoms with Crippen LogP contribution in [0.25, 0.3) is 99.8 Å². The number of aromatic nitrogens is 2. The van der Waals surface area contributed by atoms with Crippen molar-refractivity contribution < 1.29 is 8.83 Å². The third-order valence-corrected chi connectivity index (χ3v) is 9.62. The summed E-state index contributed by atoms with van der Waals surface area (Å²) >= 11 is 0. The molecule has 0 saturated carbocycles. The van der Waals surface area contributed by atoms with E-state index >= 15 is 0 Å². The molecule has 7 aromatic carbocycles. The molecule has 4 nitrogen and oxygen atoms in total. The molecule has 0 N–H and O–H groups in total. The number of hydrogen-bond acceptors (Lipinski definition) is 4. The van der Waals surface area contributed by atoms with E-state index in [0.29, 0.717) is 5.58 Å². The van der Waals surface area contributed by atoms with Gasteiger partial charge in [-0.2, -0.15) is 0 Å². The van der Waals surface area contributed by atoms with Gasteiger partial charge in [-0.15, -0.1) is 0 Å². The van der Waals surface area contributed by atoms with Crippen molar-refractivity contribution in [2.45, 2.75) is 0 Å². The predicted octanol–water partition coefficient (Wildman–Crippen LogP) is 12.6. The van der Waals surface area contributed by atoms with E-state index in [-0.39, 0.29) is 0 Å². The van der Waals surface area contributed by atoms with Crippen LogP contribution < -0.4 is 0 Å². The molecule has 0 aliphatic rings. The molecule has 0 spiro atoms. The van der Waals surface area contributed by atoms with Gasteiger partial charge in [0.05, 0.1) is 0 Å². The van der Waals surface area contributed by atoms with Gasteiger partial charge in [-0.25, -0.2) is 9.97 Å². The van der Waals surface area contributed by atoms with Crippen LogP contribution in [-0.2, 0) is 0 Å². The fourth-order valence-electron chi connectivity index (χ4n) is 7.13. The van der Waals surface area contributed by atoms with Crippen LogP contribution in [0.1, 0.15) is 0 Å². The maximum absolute atomic E-state index is 6.69. The second kappa shape index (κ2) is 11.4. The Kier molecular flexibility index (Phi) is 6.46. The second-order valence-corrected chi connectivity index (χ2v) is 12.6. The summed E-state index contributed by atoms with van der Waals surface area (Å²) in [5, 5.41) is 3.22. The third-order valence-electron chi connectivity index (χ3n) is 9.62. The van der Waals surface area contributed by atoms with Gasteiger partial charge in [-0.3, -0.25) is 0 Å². The Bertz CT molecular complexity index is 2860. The summed E-state index contributed by atoms with van der Waals surface area (Å²) in [4.78, 5) is 9.45. The van der Waals surface area contributed by atoms with Gasteiger partial charge in [0.2, 0.25) is 0 Å². The Morgan fingerprint density at radius 1 is 0.340 bits per heavy atom. The molecule has 4 heteroatoms. The van der Waals surface area contributed by atoms with E-state index in [2.05, 4.69) is 146 Å². The predicted molar refractivity (Wildman–Crippen MR) is 204 cm³/mol. The number of para-hydroxylation sites is 2. The van der Waals surface area contributed by atoms with E-state index in [1.807, 2.05) is 18.2 Å². The second-order valence-electron chi connectivity index (χ2n) is 12.6. The van der Waals surface area contributed by atoms with Crippen LogP contribution in [0.4, 0.5) is 0 Å². The highest BCUT2D eigenvalue weighted by Gasteiger charge is 2.18. The van der Waals surface area contributed by atoms with Gasteiger partial charge in [0.15, 0.2) is 5.58 Å². The Balaban J connectivity index is 1.03. The van der Waals surface area contributed by atoms with Gasteiger partial charge in [-0.05, 0) is 75.3 Å². The lowest BCUT2D eigenvalue weighted by Gasteiger charge is -2.08. The van der Waals surface area contributed by atoms with Crippen LogP contribution in [0.15, 0.2) is 179 Å². The zero-order valence-corrected chi connectivity index (χ0v) is 26.9. The first-order valence-corrected chi connectivity index (χ1v) is 16.7. The van der Waals surface area contributed by atoms with Crippen LogP contribution in [0, 0.1) is 0 Å². The maximum atomic E-state index is 6.69. The molecule has 0 unspecified atom stereocenters. The van der Waals surface area contributed by atoms with Crippen LogP contribution >= 0.6 is 0 Å². The number of nitrogens with zero attached hydrogens (tertiary/aromatic N) is 2. The molecule has 0 aliphatic heterocycles. The van der Waals surface area contributed by atoms with Gasteiger partial charge in [0.25, 0.3) is 0 Å². The molecule has 3 heterocycles. The molecule has 10 aromatic rings. The van der Waals surface area contributed by atoms with Crippen molar-refractivity contribution in [2.75, 3.05) is 0 Å². The summed E-state index contributed by atoms with van der Waals surface area (Å²) in [7, 11) is 0. The van der Waals surface area contributed by atoms with Crippen LogP contribution in [0.5, 0.6) is 0 Å². The molecule has 0 saturated heterocycles. The van der Waals surface area contributed by atoms with Crippen molar-refractivity contribution in [3.63, 3.8) is 0 Å². The molecular weight excluding hydrogens is 613 g/mol. The van der Waals surface area contributed by atoms with Crippen molar-refractivity contribution in [3.8, 4) is 55.8 Å². The molecule has 0 aliphatic carbocycles. The topological polar surface area (TPSA) is 52.1 Å². The summed E-state index contributed by atoms with van der Waals surface area (Å²) in [6, 6.07) is 57.1. The average molecular weight is 641 g/mol. The molecule has 0 atom stereocenters. The van der Waals surface area contributed by atoms with E-state index in [4.69, 9.17) is 18.8 Å². The largest absolute Gasteiger partial charge is 0.456 e. The van der Waals surface area contributed by atoms with E-state index in [1.165, 1.54) is 11.1 Å². The standard InChI is InChI=1S/C46H28N2O2/c1-2-9-29(10-3-1)30-19-21-31(22-20-30)37-16-8-17-39-44-46(50-45(37)39)43(47-28-48-44)36-14-7-13-34(26-36)32-11-6-12-33(25-32)35-23-24-42-40(27-35)38-15-4-5-18-41(38)49-42/h1-28H. The van der Waals surface area contributed by atoms with E-state index in [9.17, 15) is 0 Å². The Morgan fingerprint density at radius 2 is 0.920 bits per heavy atom. The lowest BCUT2D eigenvalue weighted by atomic mass is 9.96. The van der Waals surface area contributed by atoms with Crippen molar-refractivity contribution in [1.82, 2.24) is 9.97 Å². The number of rotatable bonds is 5. The van der Waals surface area contributed by atoms with Crippen LogP contribution in [-0.4, -0.2) is 9.97 Å². The monoisotopic (exact) mass is 640 g/mol. The minimum Gasteiger partial charge on any atom is -0.456 e. The fraction of sp³-hybridized carbons (Fsp3) is 0. The maximum Gasteiger partial charge on any atom is 0.180 e. The van der Waals surface area contributed by atoms with E-state index in [1.54, 1.807) is 6.33 Å². The summed E-state index contributed by atoms with van der Waals surface area (Å²) in [5.74, 6) is 0. The Morgan fingerprint density at radius 3 is 1.74 bits per heavy atom. The zero-order valence-electron chi connectivity index (χ0n) is 26.9. The van der Waals surface area contributed by atoms with Crippen LogP contribution in [0.3, 0.4) is 0 Å². The summed E-state index contributed by atoms with van der Waals surface area (Å²) in [6.07, 6.45) is 1.64. The normalized spacial score (nSPS) is 11.6. The van der Waals surface area contributed by atoms with Gasteiger partial charge in [0, 0.05) is 27.3 Å². The third kappa shape index (κ3) is 4.69. The van der Waals surface area contributed by atoms with Gasteiger partial charge < -0.3 is 8.83 Å². The minimum absolute atomic E-state index is 0.683. The summed E-state index contributed by atoms with van der Waals surface area (Å²) < 4.78 is 12.8. The molecule has 234 valence electrons. The van der Waals surface area contributed by atoms with Gasteiger partial charge >= 0.3 is 0 Å². The highest BCUT2D eigenvalue weighted by atomic mass is 16.3. The molecule has 0 bridgehead atoms. The molecule has 0 radical (unpaired) electrons. The van der Waals surface area contributed by atoms with Gasteiger partial charge in [0.1, 0.15) is 34.3 Å².